The van der Waals surface area contributed by atoms with E-state index in [9.17, 15) is 13.6 Å². The van der Waals surface area contributed by atoms with Gasteiger partial charge in [0.05, 0.1) is 4.47 Å². The smallest absolute Gasteiger partial charge is 0.356 e. The van der Waals surface area contributed by atoms with Crippen LogP contribution in [0, 0.1) is 11.6 Å². The van der Waals surface area contributed by atoms with Gasteiger partial charge in [-0.15, -0.1) is 5.10 Å². The number of benzene rings is 1. The lowest BCUT2D eigenvalue weighted by molar-refractivity contribution is 0.0686. The number of aromatic nitrogens is 3. The molecule has 0 saturated heterocycles. The maximum Gasteiger partial charge on any atom is 0.356 e. The van der Waals surface area contributed by atoms with Gasteiger partial charge in [0.1, 0.15) is 17.3 Å². The van der Waals surface area contributed by atoms with Crippen LogP contribution in [0.25, 0.3) is 11.3 Å². The van der Waals surface area contributed by atoms with Gasteiger partial charge >= 0.3 is 5.97 Å². The summed E-state index contributed by atoms with van der Waals surface area (Å²) in [5.41, 5.74) is -0.772. The summed E-state index contributed by atoms with van der Waals surface area (Å²) in [6.07, 6.45) is 0. The van der Waals surface area contributed by atoms with Crippen LogP contribution in [0.1, 0.15) is 10.5 Å². The van der Waals surface area contributed by atoms with Crippen molar-refractivity contribution in [2.24, 2.45) is 7.05 Å². The van der Waals surface area contributed by atoms with E-state index in [0.717, 1.165) is 16.8 Å². The van der Waals surface area contributed by atoms with Crippen molar-refractivity contribution in [3.63, 3.8) is 0 Å². The van der Waals surface area contributed by atoms with Crippen LogP contribution in [0.4, 0.5) is 8.78 Å². The van der Waals surface area contributed by atoms with E-state index < -0.39 is 17.6 Å². The summed E-state index contributed by atoms with van der Waals surface area (Å²) in [5, 5.41) is 16.0. The third-order valence-electron chi connectivity index (χ3n) is 2.29. The van der Waals surface area contributed by atoms with Gasteiger partial charge in [-0.05, 0) is 28.1 Å². The zero-order chi connectivity index (χ0) is 13.4. The fraction of sp³-hybridized carbons (Fsp3) is 0.100. The third-order valence-corrected chi connectivity index (χ3v) is 2.90. The first kappa shape index (κ1) is 12.6. The monoisotopic (exact) mass is 317 g/mol. The highest BCUT2D eigenvalue weighted by Crippen LogP contribution is 2.28. The Morgan fingerprint density at radius 1 is 1.39 bits per heavy atom. The van der Waals surface area contributed by atoms with E-state index >= 15 is 0 Å². The normalized spacial score (nSPS) is 10.7. The molecule has 0 amide bonds. The van der Waals surface area contributed by atoms with Crippen LogP contribution < -0.4 is 0 Å². The number of halogens is 3. The molecule has 0 fully saturated rings. The number of carboxylic acid groups (broad SMARTS) is 1. The SMILES string of the molecule is Cn1nnc(-c2cc(F)c(Br)cc2F)c1C(=O)O. The average Bonchev–Trinajstić information content (AvgIpc) is 2.65. The summed E-state index contributed by atoms with van der Waals surface area (Å²) in [5.74, 6) is -2.82. The molecule has 94 valence electrons. The molecule has 1 heterocycles. The number of hydrogen-bond acceptors (Lipinski definition) is 3. The average molecular weight is 318 g/mol. The molecular formula is C10H6BrF2N3O2. The first-order chi connectivity index (χ1) is 8.41. The largest absolute Gasteiger partial charge is 0.476 e. The molecule has 0 aliphatic carbocycles. The first-order valence-electron chi connectivity index (χ1n) is 4.69. The van der Waals surface area contributed by atoms with E-state index in [1.807, 2.05) is 0 Å². The van der Waals surface area contributed by atoms with Gasteiger partial charge < -0.3 is 5.11 Å². The van der Waals surface area contributed by atoms with Crippen LogP contribution >= 0.6 is 15.9 Å². The molecule has 0 bridgehead atoms. The second kappa shape index (κ2) is 4.45. The molecule has 8 heteroatoms. The quantitative estimate of drug-likeness (QED) is 0.862. The highest BCUT2D eigenvalue weighted by molar-refractivity contribution is 9.10. The zero-order valence-corrected chi connectivity index (χ0v) is 10.6. The van der Waals surface area contributed by atoms with Crippen molar-refractivity contribution in [3.05, 3.63) is 33.9 Å². The first-order valence-corrected chi connectivity index (χ1v) is 5.49. The van der Waals surface area contributed by atoms with Crippen molar-refractivity contribution in [2.45, 2.75) is 0 Å². The van der Waals surface area contributed by atoms with Crippen LogP contribution in [-0.2, 0) is 7.05 Å². The fourth-order valence-corrected chi connectivity index (χ4v) is 1.80. The summed E-state index contributed by atoms with van der Waals surface area (Å²) in [6.45, 7) is 0. The molecule has 0 aliphatic rings. The van der Waals surface area contributed by atoms with Crippen molar-refractivity contribution in [2.75, 3.05) is 0 Å². The minimum atomic E-state index is -1.32. The summed E-state index contributed by atoms with van der Waals surface area (Å²) in [4.78, 5) is 11.0. The zero-order valence-electron chi connectivity index (χ0n) is 8.99. The van der Waals surface area contributed by atoms with Gasteiger partial charge in [-0.2, -0.15) is 0 Å². The Balaban J connectivity index is 2.70. The maximum atomic E-state index is 13.7. The van der Waals surface area contributed by atoms with Crippen LogP contribution in [0.5, 0.6) is 0 Å². The summed E-state index contributed by atoms with van der Waals surface area (Å²) < 4.78 is 28.0. The van der Waals surface area contributed by atoms with Crippen molar-refractivity contribution in [3.8, 4) is 11.3 Å². The standard InChI is InChI=1S/C10H6BrF2N3O2/c1-16-9(10(17)18)8(14-15-16)4-2-7(13)5(11)3-6(4)12/h2-3H,1H3,(H,17,18). The summed E-state index contributed by atoms with van der Waals surface area (Å²) in [7, 11) is 1.35. The van der Waals surface area contributed by atoms with Crippen LogP contribution in [0.3, 0.4) is 0 Å². The fourth-order valence-electron chi connectivity index (χ4n) is 1.48. The predicted octanol–water partition coefficient (Wildman–Crippen LogP) is 2.22. The molecule has 5 nitrogen and oxygen atoms in total. The van der Waals surface area contributed by atoms with Gasteiger partial charge in [-0.1, -0.05) is 5.21 Å². The molecule has 1 N–H and O–H groups in total. The van der Waals surface area contributed by atoms with E-state index in [2.05, 4.69) is 26.2 Å². The minimum Gasteiger partial charge on any atom is -0.476 e. The van der Waals surface area contributed by atoms with Crippen LogP contribution in [0.15, 0.2) is 16.6 Å². The summed E-state index contributed by atoms with van der Waals surface area (Å²) in [6, 6.07) is 1.78. The van der Waals surface area contributed by atoms with E-state index in [4.69, 9.17) is 5.11 Å². The molecule has 2 rings (SSSR count). The number of nitrogens with zero attached hydrogens (tertiary/aromatic N) is 3. The van der Waals surface area contributed by atoms with Gasteiger partial charge in [0.25, 0.3) is 0 Å². The molecule has 0 spiro atoms. The predicted molar refractivity (Wildman–Crippen MR) is 61.0 cm³/mol. The number of carboxylic acids is 1. The Morgan fingerprint density at radius 3 is 2.67 bits per heavy atom. The van der Waals surface area contributed by atoms with Gasteiger partial charge in [0, 0.05) is 12.6 Å². The highest BCUT2D eigenvalue weighted by Gasteiger charge is 2.22. The Bertz CT molecular complexity index is 642. The van der Waals surface area contributed by atoms with E-state index in [1.165, 1.54) is 7.05 Å². The van der Waals surface area contributed by atoms with Crippen LogP contribution in [-0.4, -0.2) is 26.1 Å². The summed E-state index contributed by atoms with van der Waals surface area (Å²) >= 11 is 2.83. The van der Waals surface area contributed by atoms with E-state index in [1.54, 1.807) is 0 Å². The van der Waals surface area contributed by atoms with Gasteiger partial charge in [-0.3, -0.25) is 0 Å². The Kier molecular flexibility index (Phi) is 3.12. The second-order valence-corrected chi connectivity index (χ2v) is 4.32. The Hall–Kier alpha value is -1.83. The van der Waals surface area contributed by atoms with Crippen molar-refractivity contribution in [1.29, 1.82) is 0 Å². The Labute approximate surface area is 108 Å². The van der Waals surface area contributed by atoms with E-state index in [-0.39, 0.29) is 21.4 Å². The Morgan fingerprint density at radius 2 is 2.06 bits per heavy atom. The maximum absolute atomic E-state index is 13.7. The van der Waals surface area contributed by atoms with Crippen molar-refractivity contribution < 1.29 is 18.7 Å². The third kappa shape index (κ3) is 1.99. The highest BCUT2D eigenvalue weighted by atomic mass is 79.9. The molecule has 2 aromatic rings. The molecule has 0 aliphatic heterocycles. The van der Waals surface area contributed by atoms with Crippen molar-refractivity contribution in [1.82, 2.24) is 15.0 Å². The minimum absolute atomic E-state index is 0.0514. The lowest BCUT2D eigenvalue weighted by atomic mass is 10.1. The molecule has 1 aromatic heterocycles. The van der Waals surface area contributed by atoms with Crippen molar-refractivity contribution >= 4 is 21.9 Å². The topological polar surface area (TPSA) is 68.0 Å². The van der Waals surface area contributed by atoms with Gasteiger partial charge in [0.15, 0.2) is 5.69 Å². The number of aromatic carboxylic acids is 1. The molecule has 18 heavy (non-hydrogen) atoms. The second-order valence-electron chi connectivity index (χ2n) is 3.46. The molecule has 0 radical (unpaired) electrons. The van der Waals surface area contributed by atoms with Crippen LogP contribution in [0.2, 0.25) is 0 Å². The number of carbonyl (C=O) groups is 1. The lowest BCUT2D eigenvalue weighted by Crippen LogP contribution is -2.07. The lowest BCUT2D eigenvalue weighted by Gasteiger charge is -2.03. The molecule has 0 saturated carbocycles. The molecular weight excluding hydrogens is 312 g/mol. The van der Waals surface area contributed by atoms with Gasteiger partial charge in [0.2, 0.25) is 0 Å². The molecule has 1 aromatic carbocycles. The van der Waals surface area contributed by atoms with Gasteiger partial charge in [-0.25, -0.2) is 18.3 Å². The number of rotatable bonds is 2. The molecule has 0 unspecified atom stereocenters. The van der Waals surface area contributed by atoms with E-state index in [0.29, 0.717) is 0 Å². The number of hydrogen-bond donors (Lipinski definition) is 1. The molecule has 0 atom stereocenters. The number of aryl methyl sites for hydroxylation is 1.